The third-order valence-electron chi connectivity index (χ3n) is 15.5. The first-order valence-corrected chi connectivity index (χ1v) is 33.7. The summed E-state index contributed by atoms with van der Waals surface area (Å²) in [5.41, 5.74) is 0. The average molecular weight is 1040 g/mol. The zero-order chi connectivity index (χ0) is 53.6. The van der Waals surface area contributed by atoms with E-state index in [4.69, 9.17) is 14.2 Å². The molecule has 0 aliphatic carbocycles. The number of esters is 3. The Balaban J connectivity index is 4.23. The standard InChI is InChI=1S/C68H130O6/c1-4-7-10-13-16-19-22-25-27-29-31-33-34-35-37-38-40-43-46-49-52-55-58-61-67(70)73-64-65(63-72-66(69)60-57-54-51-48-45-42-24-21-18-15-12-9-6-3)74-68(71)62-59-56-53-50-47-44-41-39-36-32-30-28-26-23-20-17-14-11-8-5-2/h29,31,65H,4-28,30,32-64H2,1-3H3/b31-29-. The number of hydrogen-bond donors (Lipinski definition) is 0. The summed E-state index contributed by atoms with van der Waals surface area (Å²) in [6.45, 7) is 6.72. The number of carbonyl (C=O) groups is 3. The molecule has 0 aliphatic rings. The molecule has 0 spiro atoms. The molecule has 1 atom stereocenters. The van der Waals surface area contributed by atoms with Crippen LogP contribution in [-0.2, 0) is 28.6 Å². The second kappa shape index (κ2) is 63.7. The van der Waals surface area contributed by atoms with Crippen molar-refractivity contribution in [1.29, 1.82) is 0 Å². The van der Waals surface area contributed by atoms with E-state index in [0.717, 1.165) is 57.8 Å². The SMILES string of the molecule is CCCCCCCCCC/C=C\CCCCCCCCCCCCCC(=O)OCC(COC(=O)CCCCCCCCCCCCCCC)OC(=O)CCCCCCCCCCCCCCCCCCCCCC. The Morgan fingerprint density at radius 3 is 0.676 bits per heavy atom. The number of ether oxygens (including phenoxy) is 3. The summed E-state index contributed by atoms with van der Waals surface area (Å²) in [6.07, 6.45) is 75.1. The lowest BCUT2D eigenvalue weighted by Crippen LogP contribution is -2.30. The Kier molecular flexibility index (Phi) is 62.1. The lowest BCUT2D eigenvalue weighted by molar-refractivity contribution is -0.167. The van der Waals surface area contributed by atoms with E-state index in [1.165, 1.54) is 289 Å². The Labute approximate surface area is 462 Å². The molecule has 0 fully saturated rings. The minimum atomic E-state index is -0.765. The Bertz CT molecular complexity index is 1150. The van der Waals surface area contributed by atoms with Gasteiger partial charge in [0.25, 0.3) is 0 Å². The lowest BCUT2D eigenvalue weighted by atomic mass is 10.0. The third-order valence-corrected chi connectivity index (χ3v) is 15.5. The highest BCUT2D eigenvalue weighted by atomic mass is 16.6. The summed E-state index contributed by atoms with van der Waals surface area (Å²) < 4.78 is 17.0. The lowest BCUT2D eigenvalue weighted by Gasteiger charge is -2.18. The highest BCUT2D eigenvalue weighted by Gasteiger charge is 2.19. The monoisotopic (exact) mass is 1040 g/mol. The fourth-order valence-electron chi connectivity index (χ4n) is 10.4. The van der Waals surface area contributed by atoms with Gasteiger partial charge in [-0.15, -0.1) is 0 Å². The van der Waals surface area contributed by atoms with Crippen molar-refractivity contribution in [1.82, 2.24) is 0 Å². The maximum atomic E-state index is 12.9. The van der Waals surface area contributed by atoms with Crippen molar-refractivity contribution in [2.24, 2.45) is 0 Å². The average Bonchev–Trinajstić information content (AvgIpc) is 3.40. The van der Waals surface area contributed by atoms with E-state index in [1.807, 2.05) is 0 Å². The van der Waals surface area contributed by atoms with Gasteiger partial charge in [-0.05, 0) is 44.9 Å². The Morgan fingerprint density at radius 2 is 0.446 bits per heavy atom. The highest BCUT2D eigenvalue weighted by molar-refractivity contribution is 5.71. The van der Waals surface area contributed by atoms with Gasteiger partial charge >= 0.3 is 17.9 Å². The summed E-state index contributed by atoms with van der Waals surface area (Å²) in [5, 5.41) is 0. The summed E-state index contributed by atoms with van der Waals surface area (Å²) >= 11 is 0. The van der Waals surface area contributed by atoms with Gasteiger partial charge in [0.15, 0.2) is 6.10 Å². The molecule has 0 aromatic rings. The van der Waals surface area contributed by atoms with Gasteiger partial charge in [0.05, 0.1) is 0 Å². The molecule has 6 heteroatoms. The molecule has 0 amide bonds. The van der Waals surface area contributed by atoms with Crippen molar-refractivity contribution in [3.8, 4) is 0 Å². The van der Waals surface area contributed by atoms with E-state index in [1.54, 1.807) is 0 Å². The molecule has 0 aromatic heterocycles. The van der Waals surface area contributed by atoms with E-state index in [9.17, 15) is 14.4 Å². The second-order valence-corrected chi connectivity index (χ2v) is 23.1. The van der Waals surface area contributed by atoms with Gasteiger partial charge in [0.2, 0.25) is 0 Å². The van der Waals surface area contributed by atoms with E-state index in [0.29, 0.717) is 19.3 Å². The molecule has 0 saturated carbocycles. The molecule has 0 rings (SSSR count). The quantitative estimate of drug-likeness (QED) is 0.0261. The molecule has 74 heavy (non-hydrogen) atoms. The van der Waals surface area contributed by atoms with Gasteiger partial charge in [-0.3, -0.25) is 14.4 Å². The zero-order valence-corrected chi connectivity index (χ0v) is 50.4. The fourth-order valence-corrected chi connectivity index (χ4v) is 10.4. The van der Waals surface area contributed by atoms with Crippen molar-refractivity contribution in [3.63, 3.8) is 0 Å². The maximum Gasteiger partial charge on any atom is 0.306 e. The van der Waals surface area contributed by atoms with Crippen LogP contribution in [0.5, 0.6) is 0 Å². The molecule has 6 nitrogen and oxygen atoms in total. The molecular weight excluding hydrogens is 913 g/mol. The van der Waals surface area contributed by atoms with Crippen molar-refractivity contribution in [2.75, 3.05) is 13.2 Å². The Hall–Kier alpha value is -1.85. The zero-order valence-electron chi connectivity index (χ0n) is 50.4. The molecule has 0 bridgehead atoms. The van der Waals surface area contributed by atoms with Gasteiger partial charge < -0.3 is 14.2 Å². The second-order valence-electron chi connectivity index (χ2n) is 23.1. The minimum Gasteiger partial charge on any atom is -0.462 e. The van der Waals surface area contributed by atoms with Crippen LogP contribution >= 0.6 is 0 Å². The van der Waals surface area contributed by atoms with Crippen LogP contribution in [-0.4, -0.2) is 37.2 Å². The van der Waals surface area contributed by atoms with Gasteiger partial charge in [-0.1, -0.05) is 335 Å². The number of unbranched alkanes of at least 4 members (excludes halogenated alkanes) is 50. The summed E-state index contributed by atoms with van der Waals surface area (Å²) in [7, 11) is 0. The van der Waals surface area contributed by atoms with Gasteiger partial charge in [0.1, 0.15) is 13.2 Å². The van der Waals surface area contributed by atoms with Crippen LogP contribution in [0.1, 0.15) is 387 Å². The van der Waals surface area contributed by atoms with E-state index < -0.39 is 6.10 Å². The first-order valence-electron chi connectivity index (χ1n) is 33.7. The predicted molar refractivity (Wildman–Crippen MR) is 321 cm³/mol. The van der Waals surface area contributed by atoms with Crippen molar-refractivity contribution < 1.29 is 28.6 Å². The molecule has 1 unspecified atom stereocenters. The molecule has 0 heterocycles. The summed E-state index contributed by atoms with van der Waals surface area (Å²) in [6, 6.07) is 0. The molecule has 438 valence electrons. The van der Waals surface area contributed by atoms with E-state index >= 15 is 0 Å². The van der Waals surface area contributed by atoms with Gasteiger partial charge in [-0.25, -0.2) is 0 Å². The molecule has 0 aliphatic heterocycles. The van der Waals surface area contributed by atoms with Crippen LogP contribution in [0.3, 0.4) is 0 Å². The maximum absolute atomic E-state index is 12.9. The van der Waals surface area contributed by atoms with Gasteiger partial charge in [0, 0.05) is 19.3 Å². The summed E-state index contributed by atoms with van der Waals surface area (Å²) in [5.74, 6) is -0.831. The van der Waals surface area contributed by atoms with Crippen molar-refractivity contribution >= 4 is 17.9 Å². The van der Waals surface area contributed by atoms with Crippen LogP contribution < -0.4 is 0 Å². The predicted octanol–water partition coefficient (Wildman–Crippen LogP) is 22.8. The number of carbonyl (C=O) groups excluding carboxylic acids is 3. The van der Waals surface area contributed by atoms with E-state index in [2.05, 4.69) is 32.9 Å². The van der Waals surface area contributed by atoms with Crippen molar-refractivity contribution in [3.05, 3.63) is 12.2 Å². The number of hydrogen-bond acceptors (Lipinski definition) is 6. The van der Waals surface area contributed by atoms with Crippen molar-refractivity contribution in [2.45, 2.75) is 393 Å². The van der Waals surface area contributed by atoms with Crippen LogP contribution in [0.15, 0.2) is 12.2 Å². The first-order chi connectivity index (χ1) is 36.5. The molecule has 0 N–H and O–H groups in total. The topological polar surface area (TPSA) is 78.9 Å². The molecule has 0 aromatic carbocycles. The number of allylic oxidation sites excluding steroid dienone is 2. The minimum absolute atomic E-state index is 0.0632. The largest absolute Gasteiger partial charge is 0.462 e. The molecule has 0 saturated heterocycles. The van der Waals surface area contributed by atoms with Crippen LogP contribution in [0, 0.1) is 0 Å². The fraction of sp³-hybridized carbons (Fsp3) is 0.926. The van der Waals surface area contributed by atoms with Crippen LogP contribution in [0.25, 0.3) is 0 Å². The Morgan fingerprint density at radius 1 is 0.257 bits per heavy atom. The molecule has 0 radical (unpaired) electrons. The number of rotatable bonds is 63. The first kappa shape index (κ1) is 72.2. The smallest absolute Gasteiger partial charge is 0.306 e. The summed E-state index contributed by atoms with van der Waals surface area (Å²) in [4.78, 5) is 38.3. The van der Waals surface area contributed by atoms with Crippen LogP contribution in [0.2, 0.25) is 0 Å². The third kappa shape index (κ3) is 61.0. The van der Waals surface area contributed by atoms with Gasteiger partial charge in [-0.2, -0.15) is 0 Å². The van der Waals surface area contributed by atoms with E-state index in [-0.39, 0.29) is 31.1 Å². The van der Waals surface area contributed by atoms with Crippen LogP contribution in [0.4, 0.5) is 0 Å². The highest BCUT2D eigenvalue weighted by Crippen LogP contribution is 2.18. The normalized spacial score (nSPS) is 12.0. The molecular formula is C68H130O6.